The highest BCUT2D eigenvalue weighted by molar-refractivity contribution is 5.01. The molecule has 0 aromatic carbocycles. The maximum absolute atomic E-state index is 5.40. The average molecular weight is 165 g/mol. The van der Waals surface area contributed by atoms with Crippen molar-refractivity contribution < 1.29 is 4.74 Å². The maximum atomic E-state index is 5.40. The van der Waals surface area contributed by atoms with Crippen LogP contribution in [-0.4, -0.2) is 11.6 Å². The molecule has 0 aliphatic rings. The normalized spacial score (nSPS) is 10.1. The van der Waals surface area contributed by atoms with Gasteiger partial charge in [0, 0.05) is 12.8 Å². The number of hydrogen-bond acceptors (Lipinski definition) is 2. The second-order valence-corrected chi connectivity index (χ2v) is 2.73. The van der Waals surface area contributed by atoms with Crippen LogP contribution in [0.25, 0.3) is 0 Å². The van der Waals surface area contributed by atoms with Crippen molar-refractivity contribution in [3.8, 4) is 0 Å². The van der Waals surface area contributed by atoms with Crippen LogP contribution >= 0.6 is 0 Å². The standard InChI is InChI=1S/C10H15NO/c1-2-3-8-12-9-10-6-4-5-7-11-10/h4-7H,2-3,8-9H2,1H3. The molecule has 12 heavy (non-hydrogen) atoms. The summed E-state index contributed by atoms with van der Waals surface area (Å²) in [5, 5.41) is 0. The van der Waals surface area contributed by atoms with E-state index in [0.29, 0.717) is 6.61 Å². The quantitative estimate of drug-likeness (QED) is 0.625. The van der Waals surface area contributed by atoms with E-state index in [1.54, 1.807) is 6.20 Å². The maximum Gasteiger partial charge on any atom is 0.0887 e. The number of rotatable bonds is 5. The van der Waals surface area contributed by atoms with E-state index >= 15 is 0 Å². The van der Waals surface area contributed by atoms with Crippen LogP contribution in [0.5, 0.6) is 0 Å². The summed E-state index contributed by atoms with van der Waals surface area (Å²) in [6.07, 6.45) is 4.10. The van der Waals surface area contributed by atoms with E-state index in [0.717, 1.165) is 18.7 Å². The fourth-order valence-corrected chi connectivity index (χ4v) is 0.907. The minimum absolute atomic E-state index is 0.640. The summed E-state index contributed by atoms with van der Waals surface area (Å²) in [7, 11) is 0. The molecule has 0 saturated carbocycles. The number of nitrogens with zero attached hydrogens (tertiary/aromatic N) is 1. The van der Waals surface area contributed by atoms with Crippen LogP contribution < -0.4 is 0 Å². The van der Waals surface area contributed by atoms with Crippen LogP contribution in [0.4, 0.5) is 0 Å². The first-order valence-corrected chi connectivity index (χ1v) is 4.41. The second-order valence-electron chi connectivity index (χ2n) is 2.73. The van der Waals surface area contributed by atoms with E-state index in [9.17, 15) is 0 Å². The van der Waals surface area contributed by atoms with Crippen molar-refractivity contribution in [2.75, 3.05) is 6.61 Å². The second kappa shape index (κ2) is 5.72. The van der Waals surface area contributed by atoms with Crippen molar-refractivity contribution in [2.45, 2.75) is 26.4 Å². The Bertz CT molecular complexity index is 198. The predicted octanol–water partition coefficient (Wildman–Crippen LogP) is 2.40. The van der Waals surface area contributed by atoms with Crippen molar-refractivity contribution in [1.82, 2.24) is 4.98 Å². The van der Waals surface area contributed by atoms with Gasteiger partial charge in [-0.05, 0) is 18.6 Å². The van der Waals surface area contributed by atoms with Crippen LogP contribution in [0.1, 0.15) is 25.5 Å². The number of hydrogen-bond donors (Lipinski definition) is 0. The number of ether oxygens (including phenoxy) is 1. The molecule has 0 saturated heterocycles. The lowest BCUT2D eigenvalue weighted by atomic mass is 10.3. The highest BCUT2D eigenvalue weighted by Gasteiger charge is 1.91. The SMILES string of the molecule is CCCCOCc1ccccn1. The van der Waals surface area contributed by atoms with E-state index in [-0.39, 0.29) is 0 Å². The van der Waals surface area contributed by atoms with E-state index < -0.39 is 0 Å². The molecule has 0 aliphatic heterocycles. The summed E-state index contributed by atoms with van der Waals surface area (Å²) in [5.41, 5.74) is 1.01. The molecule has 0 atom stereocenters. The van der Waals surface area contributed by atoms with Gasteiger partial charge < -0.3 is 4.74 Å². The van der Waals surface area contributed by atoms with Gasteiger partial charge in [0.1, 0.15) is 0 Å². The van der Waals surface area contributed by atoms with E-state index in [4.69, 9.17) is 4.74 Å². The molecule has 0 bridgehead atoms. The van der Waals surface area contributed by atoms with Crippen LogP contribution in [-0.2, 0) is 11.3 Å². The summed E-state index contributed by atoms with van der Waals surface area (Å²) < 4.78 is 5.40. The van der Waals surface area contributed by atoms with Gasteiger partial charge in [-0.1, -0.05) is 19.4 Å². The lowest BCUT2D eigenvalue weighted by Crippen LogP contribution is -1.96. The average Bonchev–Trinajstić information content (AvgIpc) is 2.14. The van der Waals surface area contributed by atoms with Gasteiger partial charge >= 0.3 is 0 Å². The zero-order valence-electron chi connectivity index (χ0n) is 7.49. The van der Waals surface area contributed by atoms with Crippen LogP contribution in [0.15, 0.2) is 24.4 Å². The topological polar surface area (TPSA) is 22.1 Å². The molecule has 2 nitrogen and oxygen atoms in total. The van der Waals surface area contributed by atoms with E-state index in [1.807, 2.05) is 18.2 Å². The Kier molecular flexibility index (Phi) is 4.39. The van der Waals surface area contributed by atoms with Gasteiger partial charge in [0.2, 0.25) is 0 Å². The first-order valence-electron chi connectivity index (χ1n) is 4.41. The molecule has 1 heterocycles. The third-order valence-corrected chi connectivity index (χ3v) is 1.62. The molecular formula is C10H15NO. The number of unbranched alkanes of at least 4 members (excludes halogenated alkanes) is 1. The Balaban J connectivity index is 2.16. The van der Waals surface area contributed by atoms with Gasteiger partial charge in [-0.25, -0.2) is 0 Å². The smallest absolute Gasteiger partial charge is 0.0887 e. The number of aromatic nitrogens is 1. The Morgan fingerprint density at radius 3 is 3.00 bits per heavy atom. The first-order chi connectivity index (χ1) is 5.93. The molecule has 0 fully saturated rings. The Hall–Kier alpha value is -0.890. The Labute approximate surface area is 73.6 Å². The minimum atomic E-state index is 0.640. The molecule has 0 radical (unpaired) electrons. The van der Waals surface area contributed by atoms with Gasteiger partial charge in [0.15, 0.2) is 0 Å². The van der Waals surface area contributed by atoms with E-state index in [2.05, 4.69) is 11.9 Å². The third kappa shape index (κ3) is 3.49. The fraction of sp³-hybridized carbons (Fsp3) is 0.500. The monoisotopic (exact) mass is 165 g/mol. The van der Waals surface area contributed by atoms with Gasteiger partial charge in [-0.15, -0.1) is 0 Å². The summed E-state index contributed by atoms with van der Waals surface area (Å²) in [5.74, 6) is 0. The van der Waals surface area contributed by atoms with Crippen molar-refractivity contribution in [3.05, 3.63) is 30.1 Å². The third-order valence-electron chi connectivity index (χ3n) is 1.62. The molecular weight excluding hydrogens is 150 g/mol. The Morgan fingerprint density at radius 1 is 1.42 bits per heavy atom. The summed E-state index contributed by atoms with van der Waals surface area (Å²) in [4.78, 5) is 4.15. The van der Waals surface area contributed by atoms with Crippen molar-refractivity contribution in [3.63, 3.8) is 0 Å². The van der Waals surface area contributed by atoms with Crippen molar-refractivity contribution >= 4 is 0 Å². The molecule has 0 unspecified atom stereocenters. The molecule has 66 valence electrons. The molecule has 0 aliphatic carbocycles. The first kappa shape index (κ1) is 9.20. The lowest BCUT2D eigenvalue weighted by molar-refractivity contribution is 0.115. The van der Waals surface area contributed by atoms with Gasteiger partial charge in [-0.2, -0.15) is 0 Å². The van der Waals surface area contributed by atoms with Gasteiger partial charge in [-0.3, -0.25) is 4.98 Å². The van der Waals surface area contributed by atoms with Gasteiger partial charge in [0.25, 0.3) is 0 Å². The molecule has 1 rings (SSSR count). The van der Waals surface area contributed by atoms with E-state index in [1.165, 1.54) is 6.42 Å². The molecule has 1 aromatic rings. The van der Waals surface area contributed by atoms with Crippen LogP contribution in [0.3, 0.4) is 0 Å². The highest BCUT2D eigenvalue weighted by Crippen LogP contribution is 1.97. The molecule has 0 spiro atoms. The number of pyridine rings is 1. The molecule has 0 amide bonds. The van der Waals surface area contributed by atoms with Crippen LogP contribution in [0.2, 0.25) is 0 Å². The highest BCUT2D eigenvalue weighted by atomic mass is 16.5. The largest absolute Gasteiger partial charge is 0.375 e. The molecule has 2 heteroatoms. The minimum Gasteiger partial charge on any atom is -0.375 e. The summed E-state index contributed by atoms with van der Waals surface area (Å²) in [6, 6.07) is 5.87. The molecule has 0 N–H and O–H groups in total. The van der Waals surface area contributed by atoms with Crippen LogP contribution in [0, 0.1) is 0 Å². The lowest BCUT2D eigenvalue weighted by Gasteiger charge is -2.01. The zero-order valence-corrected chi connectivity index (χ0v) is 7.49. The summed E-state index contributed by atoms with van der Waals surface area (Å²) >= 11 is 0. The van der Waals surface area contributed by atoms with Crippen molar-refractivity contribution in [1.29, 1.82) is 0 Å². The van der Waals surface area contributed by atoms with Crippen molar-refractivity contribution in [2.24, 2.45) is 0 Å². The Morgan fingerprint density at radius 2 is 2.33 bits per heavy atom. The predicted molar refractivity (Wildman–Crippen MR) is 48.8 cm³/mol. The summed E-state index contributed by atoms with van der Waals surface area (Å²) in [6.45, 7) is 3.64. The zero-order chi connectivity index (χ0) is 8.65. The fourth-order valence-electron chi connectivity index (χ4n) is 0.907. The van der Waals surface area contributed by atoms with Gasteiger partial charge in [0.05, 0.1) is 12.3 Å². The molecule has 1 aromatic heterocycles.